The first-order chi connectivity index (χ1) is 10.1. The van der Waals surface area contributed by atoms with Crippen molar-refractivity contribution in [2.24, 2.45) is 5.92 Å². The van der Waals surface area contributed by atoms with Gasteiger partial charge in [-0.3, -0.25) is 9.59 Å². The fraction of sp³-hybridized carbons (Fsp3) is 0.643. The van der Waals surface area contributed by atoms with Crippen LogP contribution in [0.2, 0.25) is 0 Å². The van der Waals surface area contributed by atoms with E-state index in [0.29, 0.717) is 26.1 Å². The molecule has 1 unspecified atom stereocenters. The summed E-state index contributed by atoms with van der Waals surface area (Å²) in [6.07, 6.45) is 1.53. The molecule has 0 bridgehead atoms. The molecule has 0 aliphatic rings. The first kappa shape index (κ1) is 17.3. The van der Waals surface area contributed by atoms with Crippen molar-refractivity contribution in [1.82, 2.24) is 15.1 Å². The molecule has 0 spiro atoms. The Hall–Kier alpha value is -1.73. The second-order valence-corrected chi connectivity index (χ2v) is 4.77. The first-order valence-electron chi connectivity index (χ1n) is 7.08. The monoisotopic (exact) mass is 297 g/mol. The Morgan fingerprint density at radius 1 is 1.52 bits per heavy atom. The average Bonchev–Trinajstić information content (AvgIpc) is 2.50. The highest BCUT2D eigenvalue weighted by Crippen LogP contribution is 2.05. The molecule has 1 rings (SSSR count). The number of ether oxygens (including phenoxy) is 1. The molecule has 0 fully saturated rings. The van der Waals surface area contributed by atoms with Gasteiger partial charge < -0.3 is 15.2 Å². The molecule has 118 valence electrons. The van der Waals surface area contributed by atoms with E-state index in [1.165, 1.54) is 23.9 Å². The normalized spacial score (nSPS) is 12.1. The molecule has 0 aliphatic heterocycles. The molecule has 1 amide bonds. The lowest BCUT2D eigenvalue weighted by atomic mass is 10.0. The topological polar surface area (TPSA) is 93.5 Å². The number of carbonyl (C=O) groups is 1. The molecule has 1 heterocycles. The first-order valence-corrected chi connectivity index (χ1v) is 7.08. The number of hydrogen-bond acceptors (Lipinski definition) is 5. The number of amides is 1. The van der Waals surface area contributed by atoms with E-state index in [1.807, 2.05) is 6.92 Å². The third-order valence-electron chi connectivity index (χ3n) is 3.27. The van der Waals surface area contributed by atoms with Crippen molar-refractivity contribution < 1.29 is 14.6 Å². The number of rotatable bonds is 9. The van der Waals surface area contributed by atoms with Crippen molar-refractivity contribution in [3.8, 4) is 0 Å². The van der Waals surface area contributed by atoms with E-state index in [9.17, 15) is 9.59 Å². The number of methoxy groups -OCH3 is 1. The van der Waals surface area contributed by atoms with E-state index in [1.54, 1.807) is 0 Å². The Labute approximate surface area is 123 Å². The third kappa shape index (κ3) is 5.65. The zero-order chi connectivity index (χ0) is 15.7. The fourth-order valence-electron chi connectivity index (χ4n) is 1.87. The quantitative estimate of drug-likeness (QED) is 0.670. The summed E-state index contributed by atoms with van der Waals surface area (Å²) in [7, 11) is 1.54. The van der Waals surface area contributed by atoms with Crippen molar-refractivity contribution in [2.75, 3.05) is 26.9 Å². The minimum Gasteiger partial charge on any atom is -0.396 e. The zero-order valence-electron chi connectivity index (χ0n) is 12.5. The Kier molecular flexibility index (Phi) is 7.63. The van der Waals surface area contributed by atoms with Crippen LogP contribution in [0.5, 0.6) is 0 Å². The van der Waals surface area contributed by atoms with Gasteiger partial charge in [-0.15, -0.1) is 0 Å². The highest BCUT2D eigenvalue weighted by Gasteiger charge is 2.12. The molecule has 7 nitrogen and oxygen atoms in total. The predicted octanol–water partition coefficient (Wildman–Crippen LogP) is 0.0281. The summed E-state index contributed by atoms with van der Waals surface area (Å²) in [4.78, 5) is 23.6. The van der Waals surface area contributed by atoms with Crippen LogP contribution in [0.4, 0.5) is 0 Å². The van der Waals surface area contributed by atoms with E-state index in [0.717, 1.165) is 6.42 Å². The Morgan fingerprint density at radius 3 is 2.90 bits per heavy atom. The molecule has 1 aromatic rings. The predicted molar refractivity (Wildman–Crippen MR) is 78.2 cm³/mol. The van der Waals surface area contributed by atoms with Crippen molar-refractivity contribution in [1.29, 1.82) is 0 Å². The summed E-state index contributed by atoms with van der Waals surface area (Å²) in [5, 5.41) is 15.7. The average molecular weight is 297 g/mol. The smallest absolute Gasteiger partial charge is 0.271 e. The Balaban J connectivity index is 2.67. The van der Waals surface area contributed by atoms with E-state index in [2.05, 4.69) is 10.4 Å². The van der Waals surface area contributed by atoms with Gasteiger partial charge in [0.15, 0.2) is 0 Å². The number of nitrogens with one attached hydrogen (secondary N) is 1. The van der Waals surface area contributed by atoms with Gasteiger partial charge in [0.05, 0.1) is 13.2 Å². The molecular formula is C14H23N3O4. The van der Waals surface area contributed by atoms with Gasteiger partial charge in [0.25, 0.3) is 11.5 Å². The molecule has 1 atom stereocenters. The number of aliphatic hydroxyl groups is 1. The number of hydrogen-bond donors (Lipinski definition) is 2. The highest BCUT2D eigenvalue weighted by molar-refractivity contribution is 5.91. The van der Waals surface area contributed by atoms with Gasteiger partial charge in [0, 0.05) is 26.3 Å². The molecule has 0 aliphatic carbocycles. The molecule has 21 heavy (non-hydrogen) atoms. The lowest BCUT2D eigenvalue weighted by Gasteiger charge is -2.14. The summed E-state index contributed by atoms with van der Waals surface area (Å²) < 4.78 is 6.11. The number of aliphatic hydroxyl groups excluding tert-OH is 1. The fourth-order valence-corrected chi connectivity index (χ4v) is 1.87. The van der Waals surface area contributed by atoms with E-state index >= 15 is 0 Å². The molecule has 0 aromatic carbocycles. The van der Waals surface area contributed by atoms with Crippen LogP contribution in [0, 0.1) is 5.92 Å². The van der Waals surface area contributed by atoms with Gasteiger partial charge in [0.2, 0.25) is 0 Å². The van der Waals surface area contributed by atoms with Crippen LogP contribution in [-0.4, -0.2) is 47.7 Å². The minimum atomic E-state index is -0.322. The van der Waals surface area contributed by atoms with Crippen molar-refractivity contribution >= 4 is 5.91 Å². The molecule has 2 N–H and O–H groups in total. The van der Waals surface area contributed by atoms with Gasteiger partial charge in [-0.25, -0.2) is 4.68 Å². The second kappa shape index (κ2) is 9.25. The molecule has 0 saturated heterocycles. The summed E-state index contributed by atoms with van der Waals surface area (Å²) in [5.41, 5.74) is -0.0696. The molecule has 0 saturated carbocycles. The van der Waals surface area contributed by atoms with E-state index in [4.69, 9.17) is 9.84 Å². The van der Waals surface area contributed by atoms with Crippen molar-refractivity contribution in [3.05, 3.63) is 28.2 Å². The molecule has 0 radical (unpaired) electrons. The van der Waals surface area contributed by atoms with Crippen LogP contribution >= 0.6 is 0 Å². The highest BCUT2D eigenvalue weighted by atomic mass is 16.5. The second-order valence-electron chi connectivity index (χ2n) is 4.77. The Morgan fingerprint density at radius 2 is 2.29 bits per heavy atom. The maximum atomic E-state index is 12.0. The zero-order valence-corrected chi connectivity index (χ0v) is 12.5. The summed E-state index contributed by atoms with van der Waals surface area (Å²) in [6, 6.07) is 2.73. The maximum absolute atomic E-state index is 12.0. The van der Waals surface area contributed by atoms with Gasteiger partial charge in [-0.2, -0.15) is 5.10 Å². The van der Waals surface area contributed by atoms with Gasteiger partial charge >= 0.3 is 0 Å². The minimum absolute atomic E-state index is 0.106. The van der Waals surface area contributed by atoms with Gasteiger partial charge in [-0.05, 0) is 18.4 Å². The summed E-state index contributed by atoms with van der Waals surface area (Å²) >= 11 is 0. The summed E-state index contributed by atoms with van der Waals surface area (Å²) in [5.74, 6) is -0.0871. The van der Waals surface area contributed by atoms with Crippen molar-refractivity contribution in [3.63, 3.8) is 0 Å². The number of carbonyl (C=O) groups excluding carboxylic acids is 1. The van der Waals surface area contributed by atoms with Crippen LogP contribution in [0.1, 0.15) is 30.3 Å². The van der Waals surface area contributed by atoms with Crippen molar-refractivity contribution in [2.45, 2.75) is 26.3 Å². The largest absolute Gasteiger partial charge is 0.396 e. The molecule has 1 aromatic heterocycles. The number of aromatic nitrogens is 2. The standard InChI is InChI=1S/C14H23N3O4/c1-3-11(6-8-18)10-15-14(20)12-4-5-13(19)17(16-12)7-9-21-2/h4-5,11,18H,3,6-10H2,1-2H3,(H,15,20). The lowest BCUT2D eigenvalue weighted by Crippen LogP contribution is -2.33. The third-order valence-corrected chi connectivity index (χ3v) is 3.27. The van der Waals surface area contributed by atoms with E-state index < -0.39 is 0 Å². The Bertz CT molecular complexity index is 501. The maximum Gasteiger partial charge on any atom is 0.271 e. The van der Waals surface area contributed by atoms with Crippen LogP contribution in [-0.2, 0) is 11.3 Å². The van der Waals surface area contributed by atoms with Gasteiger partial charge in [0.1, 0.15) is 5.69 Å². The van der Waals surface area contributed by atoms with Gasteiger partial charge in [-0.1, -0.05) is 13.3 Å². The van der Waals surface area contributed by atoms with Crippen LogP contribution in [0.3, 0.4) is 0 Å². The van der Waals surface area contributed by atoms with E-state index in [-0.39, 0.29) is 29.7 Å². The van der Waals surface area contributed by atoms with Crippen LogP contribution in [0.15, 0.2) is 16.9 Å². The SMILES string of the molecule is CCC(CCO)CNC(=O)c1ccc(=O)n(CCOC)n1. The summed E-state index contributed by atoms with van der Waals surface area (Å²) in [6.45, 7) is 3.25. The molecule has 7 heteroatoms. The van der Waals surface area contributed by atoms with Crippen LogP contribution < -0.4 is 10.9 Å². The van der Waals surface area contributed by atoms with Crippen LogP contribution in [0.25, 0.3) is 0 Å². The number of nitrogens with zero attached hydrogens (tertiary/aromatic N) is 2. The lowest BCUT2D eigenvalue weighted by molar-refractivity contribution is 0.0935. The molecular weight excluding hydrogens is 274 g/mol.